The molecule has 5 heteroatoms. The molecule has 120 valence electrons. The summed E-state index contributed by atoms with van der Waals surface area (Å²) in [6.07, 6.45) is 0. The predicted octanol–water partition coefficient (Wildman–Crippen LogP) is 3.62. The van der Waals surface area contributed by atoms with Gasteiger partial charge in [-0.3, -0.25) is 0 Å². The van der Waals surface area contributed by atoms with Crippen molar-refractivity contribution >= 4 is 23.3 Å². The number of methoxy groups -OCH3 is 2. The van der Waals surface area contributed by atoms with Crippen LogP contribution in [0.3, 0.4) is 0 Å². The molecule has 0 amide bonds. The van der Waals surface area contributed by atoms with Crippen LogP contribution in [-0.4, -0.2) is 26.2 Å². The Bertz CT molecular complexity index is 698. The number of nitrogens with one attached hydrogen (secondary N) is 1. The fourth-order valence-corrected chi connectivity index (χ4v) is 2.33. The normalized spacial score (nSPS) is 10.1. The van der Waals surface area contributed by atoms with Gasteiger partial charge >= 0.3 is 11.9 Å². The summed E-state index contributed by atoms with van der Waals surface area (Å²) in [5.41, 5.74) is 4.24. The molecule has 0 spiro atoms. The minimum Gasteiger partial charge on any atom is -0.465 e. The zero-order valence-electron chi connectivity index (χ0n) is 13.6. The number of benzene rings is 2. The fourth-order valence-electron chi connectivity index (χ4n) is 2.33. The molecule has 0 fully saturated rings. The number of hydrogen-bond acceptors (Lipinski definition) is 5. The largest absolute Gasteiger partial charge is 0.465 e. The third-order valence-corrected chi connectivity index (χ3v) is 3.53. The van der Waals surface area contributed by atoms with Gasteiger partial charge in [0.05, 0.1) is 25.3 Å². The summed E-state index contributed by atoms with van der Waals surface area (Å²) in [6.45, 7) is 3.97. The van der Waals surface area contributed by atoms with Gasteiger partial charge in [0, 0.05) is 11.4 Å². The van der Waals surface area contributed by atoms with Crippen LogP contribution >= 0.6 is 0 Å². The highest BCUT2D eigenvalue weighted by Gasteiger charge is 2.14. The number of para-hydroxylation sites is 1. The summed E-state index contributed by atoms with van der Waals surface area (Å²) >= 11 is 0. The molecule has 0 heterocycles. The summed E-state index contributed by atoms with van der Waals surface area (Å²) < 4.78 is 9.48. The molecule has 0 aromatic heterocycles. The number of esters is 2. The Morgan fingerprint density at radius 2 is 1.35 bits per heavy atom. The quantitative estimate of drug-likeness (QED) is 0.873. The number of anilines is 2. The highest BCUT2D eigenvalue weighted by molar-refractivity contribution is 5.97. The molecule has 0 saturated carbocycles. The Morgan fingerprint density at radius 3 is 1.78 bits per heavy atom. The van der Waals surface area contributed by atoms with Crippen LogP contribution in [0.1, 0.15) is 31.8 Å². The van der Waals surface area contributed by atoms with Crippen LogP contribution in [0.25, 0.3) is 0 Å². The van der Waals surface area contributed by atoms with Gasteiger partial charge in [-0.05, 0) is 43.2 Å². The van der Waals surface area contributed by atoms with Crippen molar-refractivity contribution in [1.82, 2.24) is 0 Å². The molecule has 2 rings (SSSR count). The van der Waals surface area contributed by atoms with E-state index in [1.54, 1.807) is 12.1 Å². The van der Waals surface area contributed by atoms with Gasteiger partial charge in [-0.2, -0.15) is 0 Å². The molecule has 0 aliphatic rings. The van der Waals surface area contributed by atoms with E-state index in [4.69, 9.17) is 9.47 Å². The molecule has 2 aromatic rings. The van der Waals surface area contributed by atoms with Crippen molar-refractivity contribution in [2.45, 2.75) is 13.8 Å². The van der Waals surface area contributed by atoms with E-state index in [0.717, 1.165) is 16.8 Å². The summed E-state index contributed by atoms with van der Waals surface area (Å²) in [5.74, 6) is -1.03. The van der Waals surface area contributed by atoms with Crippen molar-refractivity contribution in [3.63, 3.8) is 0 Å². The summed E-state index contributed by atoms with van der Waals surface area (Å²) in [5, 5.41) is 3.26. The fraction of sp³-hybridized carbons (Fsp3) is 0.222. The topological polar surface area (TPSA) is 64.6 Å². The number of rotatable bonds is 4. The highest BCUT2D eigenvalue weighted by Crippen LogP contribution is 2.26. The Hall–Kier alpha value is -2.82. The van der Waals surface area contributed by atoms with Gasteiger partial charge in [0.1, 0.15) is 0 Å². The van der Waals surface area contributed by atoms with Gasteiger partial charge in [-0.15, -0.1) is 0 Å². The lowest BCUT2D eigenvalue weighted by atomic mass is 10.1. The van der Waals surface area contributed by atoms with Gasteiger partial charge in [0.25, 0.3) is 0 Å². The van der Waals surface area contributed by atoms with Crippen LogP contribution in [0.4, 0.5) is 11.4 Å². The molecular formula is C18H19NO4. The van der Waals surface area contributed by atoms with Crippen molar-refractivity contribution in [3.05, 3.63) is 58.7 Å². The standard InChI is InChI=1S/C18H19NO4/c1-11-6-5-7-12(2)16(11)19-15-9-13(17(20)22-3)8-14(10-15)18(21)23-4/h5-10,19H,1-4H3. The van der Waals surface area contributed by atoms with E-state index < -0.39 is 11.9 Å². The molecule has 0 aliphatic heterocycles. The Kier molecular flexibility index (Phi) is 5.01. The minimum atomic E-state index is -0.514. The van der Waals surface area contributed by atoms with Crippen molar-refractivity contribution in [3.8, 4) is 0 Å². The third-order valence-electron chi connectivity index (χ3n) is 3.53. The molecule has 1 N–H and O–H groups in total. The van der Waals surface area contributed by atoms with Crippen molar-refractivity contribution in [2.75, 3.05) is 19.5 Å². The van der Waals surface area contributed by atoms with Crippen LogP contribution < -0.4 is 5.32 Å². The lowest BCUT2D eigenvalue weighted by molar-refractivity contribution is 0.0599. The molecule has 0 unspecified atom stereocenters. The molecule has 23 heavy (non-hydrogen) atoms. The third kappa shape index (κ3) is 3.69. The first kappa shape index (κ1) is 16.5. The first-order chi connectivity index (χ1) is 11.0. The van der Waals surface area contributed by atoms with E-state index in [9.17, 15) is 9.59 Å². The van der Waals surface area contributed by atoms with E-state index in [-0.39, 0.29) is 11.1 Å². The summed E-state index contributed by atoms with van der Waals surface area (Å²) in [4.78, 5) is 23.6. The predicted molar refractivity (Wildman–Crippen MR) is 88.3 cm³/mol. The SMILES string of the molecule is COC(=O)c1cc(Nc2c(C)cccc2C)cc(C(=O)OC)c1. The maximum atomic E-state index is 11.8. The van der Waals surface area contributed by atoms with Gasteiger partial charge in [-0.25, -0.2) is 9.59 Å². The van der Waals surface area contributed by atoms with Crippen molar-refractivity contribution in [1.29, 1.82) is 0 Å². The monoisotopic (exact) mass is 313 g/mol. The number of aryl methyl sites for hydroxylation is 2. The van der Waals surface area contributed by atoms with E-state index >= 15 is 0 Å². The van der Waals surface area contributed by atoms with Gasteiger partial charge in [0.2, 0.25) is 0 Å². The average Bonchev–Trinajstić information content (AvgIpc) is 2.56. The zero-order valence-corrected chi connectivity index (χ0v) is 13.6. The molecule has 0 aliphatic carbocycles. The van der Waals surface area contributed by atoms with Gasteiger partial charge < -0.3 is 14.8 Å². The smallest absolute Gasteiger partial charge is 0.337 e. The van der Waals surface area contributed by atoms with Crippen molar-refractivity contribution in [2.24, 2.45) is 0 Å². The molecule has 2 aromatic carbocycles. The molecular weight excluding hydrogens is 294 g/mol. The lowest BCUT2D eigenvalue weighted by Gasteiger charge is -2.14. The Morgan fingerprint density at radius 1 is 0.870 bits per heavy atom. The number of carbonyl (C=O) groups excluding carboxylic acids is 2. The average molecular weight is 313 g/mol. The molecule has 0 radical (unpaired) electrons. The van der Waals surface area contributed by atoms with Crippen LogP contribution in [0.5, 0.6) is 0 Å². The maximum Gasteiger partial charge on any atom is 0.337 e. The number of ether oxygens (including phenoxy) is 2. The molecule has 0 saturated heterocycles. The van der Waals surface area contributed by atoms with E-state index in [1.807, 2.05) is 32.0 Å². The van der Waals surface area contributed by atoms with Crippen molar-refractivity contribution < 1.29 is 19.1 Å². The number of hydrogen-bond donors (Lipinski definition) is 1. The Labute approximate surface area is 135 Å². The first-order valence-corrected chi connectivity index (χ1v) is 7.11. The number of carbonyl (C=O) groups is 2. The minimum absolute atomic E-state index is 0.282. The van der Waals surface area contributed by atoms with E-state index in [1.165, 1.54) is 20.3 Å². The van der Waals surface area contributed by atoms with Crippen LogP contribution in [0.2, 0.25) is 0 Å². The lowest BCUT2D eigenvalue weighted by Crippen LogP contribution is -2.08. The van der Waals surface area contributed by atoms with Crippen LogP contribution in [0, 0.1) is 13.8 Å². The Balaban J connectivity index is 2.49. The van der Waals surface area contributed by atoms with Gasteiger partial charge in [0.15, 0.2) is 0 Å². The summed E-state index contributed by atoms with van der Waals surface area (Å²) in [7, 11) is 2.59. The zero-order chi connectivity index (χ0) is 17.0. The second-order valence-electron chi connectivity index (χ2n) is 5.17. The highest BCUT2D eigenvalue weighted by atomic mass is 16.5. The molecule has 0 bridgehead atoms. The van der Waals surface area contributed by atoms with E-state index in [0.29, 0.717) is 5.69 Å². The second-order valence-corrected chi connectivity index (χ2v) is 5.17. The molecule has 0 atom stereocenters. The summed E-state index contributed by atoms with van der Waals surface area (Å²) in [6, 6.07) is 10.7. The molecule has 5 nitrogen and oxygen atoms in total. The van der Waals surface area contributed by atoms with Crippen LogP contribution in [0.15, 0.2) is 36.4 Å². The van der Waals surface area contributed by atoms with E-state index in [2.05, 4.69) is 5.32 Å². The maximum absolute atomic E-state index is 11.8. The second kappa shape index (κ2) is 6.96. The van der Waals surface area contributed by atoms with Gasteiger partial charge in [-0.1, -0.05) is 18.2 Å². The first-order valence-electron chi connectivity index (χ1n) is 7.11. The van der Waals surface area contributed by atoms with Crippen LogP contribution in [-0.2, 0) is 9.47 Å².